The normalized spacial score (nSPS) is 14.0. The number of carbonyl (C=O) groups excluding carboxylic acids is 1. The fraction of sp³-hybridized carbons (Fsp3) is 0.462. The largest absolute Gasteiger partial charge is 0.389 e. The van der Waals surface area contributed by atoms with E-state index < -0.39 is 12.1 Å². The lowest BCUT2D eigenvalue weighted by Gasteiger charge is -2.15. The molecule has 18 heavy (non-hydrogen) atoms. The molecule has 100 valence electrons. The summed E-state index contributed by atoms with van der Waals surface area (Å²) in [6.07, 6.45) is -0.184. The van der Waals surface area contributed by atoms with Crippen LogP contribution in [0.25, 0.3) is 0 Å². The van der Waals surface area contributed by atoms with Gasteiger partial charge in [0.05, 0.1) is 12.1 Å². The fourth-order valence-corrected chi connectivity index (χ4v) is 1.58. The number of benzene rings is 1. The third kappa shape index (κ3) is 4.10. The topological polar surface area (TPSA) is 84.6 Å². The summed E-state index contributed by atoms with van der Waals surface area (Å²) in [5.41, 5.74) is 6.98. The Labute approximate surface area is 107 Å². The number of anilines is 1. The lowest BCUT2D eigenvalue weighted by Crippen LogP contribution is -2.36. The van der Waals surface area contributed by atoms with Crippen LogP contribution in [0.2, 0.25) is 0 Å². The van der Waals surface area contributed by atoms with Gasteiger partial charge in [-0.05, 0) is 19.4 Å². The molecule has 1 rings (SSSR count). The third-order valence-electron chi connectivity index (χ3n) is 2.64. The maximum Gasteiger partial charge on any atom is 0.241 e. The van der Waals surface area contributed by atoms with Crippen LogP contribution in [0.1, 0.15) is 25.0 Å². The van der Waals surface area contributed by atoms with E-state index in [2.05, 4.69) is 5.32 Å². The first-order valence-corrected chi connectivity index (χ1v) is 5.88. The molecule has 2 atom stereocenters. The van der Waals surface area contributed by atoms with Gasteiger partial charge in [0.2, 0.25) is 5.91 Å². The molecule has 1 amide bonds. The third-order valence-corrected chi connectivity index (χ3v) is 2.64. The van der Waals surface area contributed by atoms with Crippen molar-refractivity contribution in [1.82, 2.24) is 0 Å². The van der Waals surface area contributed by atoms with Gasteiger partial charge in [-0.1, -0.05) is 18.2 Å². The molecule has 5 nitrogen and oxygen atoms in total. The maximum absolute atomic E-state index is 11.8. The Kier molecular flexibility index (Phi) is 5.77. The van der Waals surface area contributed by atoms with Crippen molar-refractivity contribution in [2.45, 2.75) is 25.5 Å². The molecule has 4 N–H and O–H groups in total. The molecule has 0 radical (unpaired) electrons. The Hall–Kier alpha value is -1.43. The van der Waals surface area contributed by atoms with Gasteiger partial charge in [-0.2, -0.15) is 0 Å². The number of ether oxygens (including phenoxy) is 1. The molecule has 0 aliphatic rings. The summed E-state index contributed by atoms with van der Waals surface area (Å²) >= 11 is 0. The van der Waals surface area contributed by atoms with Gasteiger partial charge in [0.15, 0.2) is 0 Å². The number of amides is 1. The molecule has 0 fully saturated rings. The Balaban J connectivity index is 2.69. The predicted octanol–water partition coefficient (Wildman–Crippen LogP) is 1.04. The summed E-state index contributed by atoms with van der Waals surface area (Å²) in [4.78, 5) is 11.8. The van der Waals surface area contributed by atoms with Crippen molar-refractivity contribution in [3.05, 3.63) is 29.8 Å². The van der Waals surface area contributed by atoms with E-state index in [4.69, 9.17) is 10.5 Å². The molecule has 2 unspecified atom stereocenters. The second-order valence-corrected chi connectivity index (χ2v) is 4.14. The average Bonchev–Trinajstić information content (AvgIpc) is 2.36. The molecule has 0 saturated heterocycles. The molecular weight excluding hydrogens is 232 g/mol. The van der Waals surface area contributed by atoms with Crippen LogP contribution < -0.4 is 11.1 Å². The van der Waals surface area contributed by atoms with Crippen LogP contribution in [0.4, 0.5) is 5.69 Å². The molecule has 0 aliphatic heterocycles. The minimum Gasteiger partial charge on any atom is -0.389 e. The highest BCUT2D eigenvalue weighted by molar-refractivity contribution is 5.95. The maximum atomic E-state index is 11.8. The van der Waals surface area contributed by atoms with Gasteiger partial charge in [-0.25, -0.2) is 0 Å². The number of nitrogens with two attached hydrogens (primary N) is 1. The van der Waals surface area contributed by atoms with Gasteiger partial charge in [0, 0.05) is 25.0 Å². The van der Waals surface area contributed by atoms with Gasteiger partial charge in [-0.3, -0.25) is 4.79 Å². The van der Waals surface area contributed by atoms with Crippen LogP contribution in [-0.4, -0.2) is 30.8 Å². The second kappa shape index (κ2) is 7.10. The van der Waals surface area contributed by atoms with E-state index in [0.717, 1.165) is 0 Å². The van der Waals surface area contributed by atoms with E-state index in [1.807, 2.05) is 6.07 Å². The lowest BCUT2D eigenvalue weighted by atomic mass is 10.1. The number of rotatable bonds is 6. The van der Waals surface area contributed by atoms with Gasteiger partial charge >= 0.3 is 0 Å². The van der Waals surface area contributed by atoms with Crippen LogP contribution in [0, 0.1) is 0 Å². The molecule has 1 aromatic rings. The zero-order chi connectivity index (χ0) is 13.5. The first-order chi connectivity index (χ1) is 8.56. The Morgan fingerprint density at radius 2 is 2.17 bits per heavy atom. The monoisotopic (exact) mass is 252 g/mol. The average molecular weight is 252 g/mol. The van der Waals surface area contributed by atoms with Crippen molar-refractivity contribution in [3.63, 3.8) is 0 Å². The van der Waals surface area contributed by atoms with E-state index in [-0.39, 0.29) is 5.91 Å². The number of aliphatic hydroxyl groups is 1. The summed E-state index contributed by atoms with van der Waals surface area (Å²) in [6, 6.07) is 6.49. The van der Waals surface area contributed by atoms with Gasteiger partial charge < -0.3 is 20.9 Å². The first kappa shape index (κ1) is 14.6. The van der Waals surface area contributed by atoms with Crippen LogP contribution >= 0.6 is 0 Å². The van der Waals surface area contributed by atoms with Crippen LogP contribution in [0.15, 0.2) is 24.3 Å². The Morgan fingerprint density at radius 1 is 1.50 bits per heavy atom. The lowest BCUT2D eigenvalue weighted by molar-refractivity contribution is -0.117. The first-order valence-electron chi connectivity index (χ1n) is 5.88. The van der Waals surface area contributed by atoms with Crippen LogP contribution in [0.5, 0.6) is 0 Å². The molecule has 5 heteroatoms. The van der Waals surface area contributed by atoms with E-state index in [9.17, 15) is 9.90 Å². The SMILES string of the molecule is COCCC(N)C(=O)Nc1ccccc1C(C)O. The summed E-state index contributed by atoms with van der Waals surface area (Å²) in [6.45, 7) is 2.09. The summed E-state index contributed by atoms with van der Waals surface area (Å²) in [5.74, 6) is -0.278. The zero-order valence-electron chi connectivity index (χ0n) is 10.7. The van der Waals surface area contributed by atoms with Gasteiger partial charge in [0.25, 0.3) is 0 Å². The van der Waals surface area contributed by atoms with Crippen molar-refractivity contribution in [2.75, 3.05) is 19.0 Å². The quantitative estimate of drug-likeness (QED) is 0.706. The number of nitrogens with one attached hydrogen (secondary N) is 1. The molecule has 0 bridgehead atoms. The van der Waals surface area contributed by atoms with Gasteiger partial charge in [0.1, 0.15) is 0 Å². The predicted molar refractivity (Wildman–Crippen MR) is 70.2 cm³/mol. The minimum atomic E-state index is -0.642. The highest BCUT2D eigenvalue weighted by Gasteiger charge is 2.15. The number of carbonyl (C=O) groups is 1. The summed E-state index contributed by atoms with van der Waals surface area (Å²) in [7, 11) is 1.56. The van der Waals surface area contributed by atoms with Crippen molar-refractivity contribution < 1.29 is 14.6 Å². The smallest absolute Gasteiger partial charge is 0.241 e. The van der Waals surface area contributed by atoms with E-state index in [1.54, 1.807) is 32.2 Å². The van der Waals surface area contributed by atoms with E-state index >= 15 is 0 Å². The highest BCUT2D eigenvalue weighted by atomic mass is 16.5. The van der Waals surface area contributed by atoms with Crippen LogP contribution in [-0.2, 0) is 9.53 Å². The second-order valence-electron chi connectivity index (χ2n) is 4.14. The Bertz CT molecular complexity index is 394. The number of aliphatic hydroxyl groups excluding tert-OH is 1. The Morgan fingerprint density at radius 3 is 2.78 bits per heavy atom. The molecule has 0 aliphatic carbocycles. The number of hydrogen-bond acceptors (Lipinski definition) is 4. The van der Waals surface area contributed by atoms with E-state index in [1.165, 1.54) is 0 Å². The van der Waals surface area contributed by atoms with Gasteiger partial charge in [-0.15, -0.1) is 0 Å². The summed E-state index contributed by atoms with van der Waals surface area (Å²) < 4.78 is 4.87. The van der Waals surface area contributed by atoms with E-state index in [0.29, 0.717) is 24.3 Å². The fourth-order valence-electron chi connectivity index (χ4n) is 1.58. The number of hydrogen-bond donors (Lipinski definition) is 3. The number of methoxy groups -OCH3 is 1. The van der Waals surface area contributed by atoms with Crippen molar-refractivity contribution in [1.29, 1.82) is 0 Å². The minimum absolute atomic E-state index is 0.278. The molecule has 0 heterocycles. The zero-order valence-corrected chi connectivity index (χ0v) is 10.7. The van der Waals surface area contributed by atoms with Crippen molar-refractivity contribution in [2.24, 2.45) is 5.73 Å². The van der Waals surface area contributed by atoms with Crippen LogP contribution in [0.3, 0.4) is 0 Å². The highest BCUT2D eigenvalue weighted by Crippen LogP contribution is 2.22. The standard InChI is InChI=1S/C13H20N2O3/c1-9(16)10-5-3-4-6-12(10)15-13(17)11(14)7-8-18-2/h3-6,9,11,16H,7-8,14H2,1-2H3,(H,15,17). The van der Waals surface area contributed by atoms with Crippen molar-refractivity contribution in [3.8, 4) is 0 Å². The van der Waals surface area contributed by atoms with Crippen molar-refractivity contribution >= 4 is 11.6 Å². The molecule has 0 aromatic heterocycles. The summed E-state index contributed by atoms with van der Waals surface area (Å²) in [5, 5.41) is 12.3. The molecule has 0 spiro atoms. The number of para-hydroxylation sites is 1. The molecule has 0 saturated carbocycles. The molecular formula is C13H20N2O3. The molecule has 1 aromatic carbocycles.